The minimum absolute atomic E-state index is 0.0436. The molecule has 1 saturated carbocycles. The van der Waals surface area contributed by atoms with Gasteiger partial charge in [-0.1, -0.05) is 13.0 Å². The number of furan rings is 1. The number of methoxy groups -OCH3 is 1. The molecule has 3 aliphatic rings. The summed E-state index contributed by atoms with van der Waals surface area (Å²) in [6.45, 7) is 4.60. The van der Waals surface area contributed by atoms with Crippen LogP contribution in [-0.2, 0) is 16.6 Å². The van der Waals surface area contributed by atoms with Crippen LogP contribution in [0.25, 0.3) is 6.08 Å². The maximum Gasteiger partial charge on any atom is 0.246 e. The van der Waals surface area contributed by atoms with E-state index >= 15 is 0 Å². The predicted octanol–water partition coefficient (Wildman–Crippen LogP) is 4.13. The molecular formula is C26H32N2O3. The molecule has 2 heterocycles. The van der Waals surface area contributed by atoms with Crippen LogP contribution < -0.4 is 4.74 Å². The first kappa shape index (κ1) is 20.4. The van der Waals surface area contributed by atoms with Crippen molar-refractivity contribution in [1.29, 1.82) is 0 Å². The number of ether oxygens (including phenoxy) is 1. The third kappa shape index (κ3) is 3.69. The van der Waals surface area contributed by atoms with Gasteiger partial charge in [-0.2, -0.15) is 0 Å². The average Bonchev–Trinajstić information content (AvgIpc) is 3.44. The number of rotatable bonds is 6. The second-order valence-corrected chi connectivity index (χ2v) is 9.68. The number of hydrogen-bond donors (Lipinski definition) is 0. The summed E-state index contributed by atoms with van der Waals surface area (Å²) in [5, 5.41) is 0. The van der Waals surface area contributed by atoms with E-state index in [1.807, 2.05) is 24.1 Å². The van der Waals surface area contributed by atoms with Crippen LogP contribution in [0.1, 0.15) is 42.9 Å². The van der Waals surface area contributed by atoms with Crippen LogP contribution in [0.4, 0.5) is 0 Å². The number of likely N-dealkylation sites (tertiary alicyclic amines) is 1. The molecule has 164 valence electrons. The van der Waals surface area contributed by atoms with Crippen molar-refractivity contribution in [2.45, 2.75) is 50.1 Å². The largest absolute Gasteiger partial charge is 0.497 e. The van der Waals surface area contributed by atoms with Gasteiger partial charge < -0.3 is 14.1 Å². The monoisotopic (exact) mass is 420 g/mol. The van der Waals surface area contributed by atoms with Gasteiger partial charge in [-0.05, 0) is 73.5 Å². The number of benzene rings is 1. The van der Waals surface area contributed by atoms with E-state index in [4.69, 9.17) is 9.15 Å². The van der Waals surface area contributed by atoms with Crippen molar-refractivity contribution >= 4 is 12.0 Å². The Kier molecular flexibility index (Phi) is 5.17. The van der Waals surface area contributed by atoms with Crippen LogP contribution in [0.3, 0.4) is 0 Å². The topological polar surface area (TPSA) is 45.9 Å². The van der Waals surface area contributed by atoms with E-state index in [0.717, 1.165) is 43.2 Å². The summed E-state index contributed by atoms with van der Waals surface area (Å²) in [4.78, 5) is 17.9. The van der Waals surface area contributed by atoms with Crippen LogP contribution in [0.5, 0.6) is 5.75 Å². The van der Waals surface area contributed by atoms with Crippen LogP contribution >= 0.6 is 0 Å². The van der Waals surface area contributed by atoms with Gasteiger partial charge in [0.1, 0.15) is 5.75 Å². The first-order chi connectivity index (χ1) is 15.0. The number of piperidine rings is 1. The molecule has 31 heavy (non-hydrogen) atoms. The van der Waals surface area contributed by atoms with Crippen LogP contribution in [0.15, 0.2) is 47.3 Å². The third-order valence-electron chi connectivity index (χ3n) is 7.68. The number of carbonyl (C=O) groups excluding carboxylic acids is 1. The summed E-state index contributed by atoms with van der Waals surface area (Å²) in [6, 6.07) is 8.84. The second-order valence-electron chi connectivity index (χ2n) is 9.68. The Labute approximate surface area is 184 Å². The Hall–Kier alpha value is -2.53. The Balaban J connectivity index is 1.50. The zero-order valence-corrected chi connectivity index (χ0v) is 18.7. The molecule has 2 aromatic rings. The highest BCUT2D eigenvalue weighted by atomic mass is 16.5. The molecule has 1 aromatic carbocycles. The van der Waals surface area contributed by atoms with Crippen molar-refractivity contribution in [2.24, 2.45) is 5.92 Å². The van der Waals surface area contributed by atoms with Crippen LogP contribution in [-0.4, -0.2) is 55.0 Å². The normalized spacial score (nSPS) is 27.8. The quantitative estimate of drug-likeness (QED) is 0.660. The first-order valence-electron chi connectivity index (χ1n) is 11.4. The summed E-state index contributed by atoms with van der Waals surface area (Å²) in [7, 11) is 3.70. The molecule has 1 aromatic heterocycles. The summed E-state index contributed by atoms with van der Waals surface area (Å²) >= 11 is 0. The van der Waals surface area contributed by atoms with Gasteiger partial charge in [-0.25, -0.2) is 0 Å². The summed E-state index contributed by atoms with van der Waals surface area (Å²) in [6.07, 6.45) is 11.5. The number of nitrogens with zero attached hydrogens (tertiary/aromatic N) is 2. The molecule has 2 fully saturated rings. The lowest BCUT2D eigenvalue weighted by Crippen LogP contribution is -2.68. The number of carbonyl (C=O) groups is 1. The number of hydrogen-bond acceptors (Lipinski definition) is 4. The molecule has 5 heteroatoms. The fourth-order valence-electron chi connectivity index (χ4n) is 5.80. The summed E-state index contributed by atoms with van der Waals surface area (Å²) < 4.78 is 10.7. The standard InChI is InChI=1S/C26H32N2O3/c1-26-11-12-28(16-18-4-5-18)23(14-20-7-8-21(30-3)15-22(20)26)25(26)27(2)24(29)9-6-19-10-13-31-17-19/h6-10,13,15,17-18,23,25H,4-5,11-12,14,16H2,1-3H3/b9-6-/t23-,25-,26-/m1/s1. The molecule has 0 unspecified atom stereocenters. The van der Waals surface area contributed by atoms with Crippen molar-refractivity contribution in [3.8, 4) is 5.75 Å². The van der Waals surface area contributed by atoms with Crippen molar-refractivity contribution in [1.82, 2.24) is 9.80 Å². The zero-order valence-electron chi connectivity index (χ0n) is 18.7. The molecule has 3 atom stereocenters. The SMILES string of the molecule is COc1ccc2c(c1)[C@@]1(C)CCN(CC3CC3)[C@H](C2)[C@H]1N(C)C(=O)/C=C\c1ccoc1. The van der Waals surface area contributed by atoms with E-state index in [1.54, 1.807) is 25.7 Å². The lowest BCUT2D eigenvalue weighted by molar-refractivity contribution is -0.132. The molecule has 0 N–H and O–H groups in total. The molecule has 1 amide bonds. The summed E-state index contributed by atoms with van der Waals surface area (Å²) in [5.41, 5.74) is 3.56. The average molecular weight is 421 g/mol. The third-order valence-corrected chi connectivity index (χ3v) is 7.68. The molecule has 5 rings (SSSR count). The lowest BCUT2D eigenvalue weighted by atomic mass is 9.61. The molecular weight excluding hydrogens is 388 g/mol. The van der Waals surface area contributed by atoms with Crippen LogP contribution in [0, 0.1) is 5.92 Å². The highest BCUT2D eigenvalue weighted by Crippen LogP contribution is 2.48. The second kappa shape index (κ2) is 7.86. The number of amides is 1. The Morgan fingerprint density at radius 3 is 2.90 bits per heavy atom. The molecule has 1 aliphatic heterocycles. The molecule has 0 radical (unpaired) electrons. The predicted molar refractivity (Wildman–Crippen MR) is 121 cm³/mol. The van der Waals surface area contributed by atoms with Crippen molar-refractivity contribution < 1.29 is 13.9 Å². The van der Waals surface area contributed by atoms with E-state index in [9.17, 15) is 4.79 Å². The Bertz CT molecular complexity index is 979. The minimum Gasteiger partial charge on any atom is -0.497 e. The van der Waals surface area contributed by atoms with Gasteiger partial charge in [0, 0.05) is 36.7 Å². The van der Waals surface area contributed by atoms with Gasteiger partial charge in [0.25, 0.3) is 0 Å². The maximum atomic E-state index is 13.3. The highest BCUT2D eigenvalue weighted by molar-refractivity contribution is 5.92. The number of fused-ring (bicyclic) bond motifs is 4. The van der Waals surface area contributed by atoms with Gasteiger partial charge >= 0.3 is 0 Å². The van der Waals surface area contributed by atoms with Crippen molar-refractivity contribution in [3.05, 3.63) is 59.6 Å². The van der Waals surface area contributed by atoms with Gasteiger partial charge in [-0.15, -0.1) is 0 Å². The van der Waals surface area contributed by atoms with Gasteiger partial charge in [0.15, 0.2) is 0 Å². The van der Waals surface area contributed by atoms with E-state index in [-0.39, 0.29) is 17.4 Å². The molecule has 2 aliphatic carbocycles. The fraction of sp³-hybridized carbons (Fsp3) is 0.500. The number of likely N-dealkylation sites (N-methyl/N-ethyl adjacent to an activating group) is 1. The van der Waals surface area contributed by atoms with Crippen molar-refractivity contribution in [2.75, 3.05) is 27.2 Å². The maximum absolute atomic E-state index is 13.3. The van der Waals surface area contributed by atoms with Crippen molar-refractivity contribution in [3.63, 3.8) is 0 Å². The van der Waals surface area contributed by atoms with E-state index in [1.165, 1.54) is 24.0 Å². The summed E-state index contributed by atoms with van der Waals surface area (Å²) in [5.74, 6) is 1.78. The van der Waals surface area contributed by atoms with Gasteiger partial charge in [0.2, 0.25) is 5.91 Å². The Morgan fingerprint density at radius 2 is 2.19 bits per heavy atom. The highest BCUT2D eigenvalue weighted by Gasteiger charge is 2.53. The van der Waals surface area contributed by atoms with E-state index < -0.39 is 0 Å². The molecule has 5 nitrogen and oxygen atoms in total. The van der Waals surface area contributed by atoms with Gasteiger partial charge in [-0.3, -0.25) is 9.69 Å². The first-order valence-corrected chi connectivity index (χ1v) is 11.4. The molecule has 1 saturated heterocycles. The van der Waals surface area contributed by atoms with Gasteiger partial charge in [0.05, 0.1) is 25.7 Å². The lowest BCUT2D eigenvalue weighted by Gasteiger charge is -2.58. The Morgan fingerprint density at radius 1 is 1.35 bits per heavy atom. The van der Waals surface area contributed by atoms with E-state index in [2.05, 4.69) is 30.0 Å². The molecule has 2 bridgehead atoms. The fourth-order valence-corrected chi connectivity index (χ4v) is 5.80. The zero-order chi connectivity index (χ0) is 21.6. The van der Waals surface area contributed by atoms with E-state index in [0.29, 0.717) is 6.04 Å². The van der Waals surface area contributed by atoms with Crippen LogP contribution in [0.2, 0.25) is 0 Å². The molecule has 0 spiro atoms. The minimum atomic E-state index is -0.0965. The smallest absolute Gasteiger partial charge is 0.246 e.